The molecule has 2 aromatic carbocycles. The van der Waals surface area contributed by atoms with E-state index in [1.165, 1.54) is 0 Å². The predicted molar refractivity (Wildman–Crippen MR) is 97.1 cm³/mol. The average Bonchev–Trinajstić information content (AvgIpc) is 2.62. The van der Waals surface area contributed by atoms with Gasteiger partial charge in [0.25, 0.3) is 0 Å². The van der Waals surface area contributed by atoms with Crippen molar-refractivity contribution in [3.8, 4) is 0 Å². The van der Waals surface area contributed by atoms with Crippen molar-refractivity contribution >= 4 is 23.5 Å². The summed E-state index contributed by atoms with van der Waals surface area (Å²) in [6.45, 7) is 0.238. The molecule has 1 aliphatic rings. The third-order valence-electron chi connectivity index (χ3n) is 4.20. The monoisotopic (exact) mass is 343 g/mol. The molecule has 1 heterocycles. The number of thioether (sulfide) groups is 1. The molecule has 2 N–H and O–H groups in total. The molecule has 1 aliphatic heterocycles. The molecule has 1 fully saturated rings. The van der Waals surface area contributed by atoms with Gasteiger partial charge in [0.05, 0.1) is 5.60 Å². The van der Waals surface area contributed by atoms with Gasteiger partial charge in [0.15, 0.2) is 0 Å². The van der Waals surface area contributed by atoms with E-state index in [-0.39, 0.29) is 6.61 Å². The summed E-state index contributed by atoms with van der Waals surface area (Å²) >= 11 is 1.87. The van der Waals surface area contributed by atoms with Gasteiger partial charge in [0.1, 0.15) is 6.61 Å². The molecule has 1 saturated heterocycles. The van der Waals surface area contributed by atoms with E-state index < -0.39 is 11.7 Å². The highest BCUT2D eigenvalue weighted by Gasteiger charge is 2.31. The van der Waals surface area contributed by atoms with Gasteiger partial charge in [-0.25, -0.2) is 4.79 Å². The highest BCUT2D eigenvalue weighted by molar-refractivity contribution is 7.99. The zero-order chi connectivity index (χ0) is 16.8. The smallest absolute Gasteiger partial charge is 0.411 e. The largest absolute Gasteiger partial charge is 0.444 e. The summed E-state index contributed by atoms with van der Waals surface area (Å²) in [5, 5.41) is 13.4. The molecule has 0 aliphatic carbocycles. The number of carbonyl (C=O) groups excluding carboxylic acids is 1. The number of hydrogen-bond acceptors (Lipinski definition) is 4. The van der Waals surface area contributed by atoms with E-state index in [2.05, 4.69) is 5.32 Å². The van der Waals surface area contributed by atoms with Crippen LogP contribution < -0.4 is 5.32 Å². The quantitative estimate of drug-likeness (QED) is 0.875. The molecular formula is C19H21NO3S. The van der Waals surface area contributed by atoms with Crippen molar-refractivity contribution in [1.82, 2.24) is 0 Å². The van der Waals surface area contributed by atoms with Gasteiger partial charge in [0, 0.05) is 5.69 Å². The molecule has 1 amide bonds. The van der Waals surface area contributed by atoms with Crippen molar-refractivity contribution < 1.29 is 14.6 Å². The van der Waals surface area contributed by atoms with Gasteiger partial charge in [-0.05, 0) is 47.6 Å². The molecule has 2 aromatic rings. The highest BCUT2D eigenvalue weighted by Crippen LogP contribution is 2.36. The Morgan fingerprint density at radius 3 is 2.42 bits per heavy atom. The molecule has 0 saturated carbocycles. The Bertz CT molecular complexity index is 667. The average molecular weight is 343 g/mol. The maximum atomic E-state index is 11.8. The summed E-state index contributed by atoms with van der Waals surface area (Å²) in [5.74, 6) is 1.95. The van der Waals surface area contributed by atoms with Crippen molar-refractivity contribution in [3.63, 3.8) is 0 Å². The summed E-state index contributed by atoms with van der Waals surface area (Å²) in [6.07, 6.45) is 1.05. The Kier molecular flexibility index (Phi) is 5.43. The number of amides is 1. The van der Waals surface area contributed by atoms with Crippen LogP contribution in [0.15, 0.2) is 54.6 Å². The van der Waals surface area contributed by atoms with E-state index in [9.17, 15) is 9.90 Å². The van der Waals surface area contributed by atoms with Crippen LogP contribution in [0.4, 0.5) is 10.5 Å². The molecule has 0 spiro atoms. The normalized spacial score (nSPS) is 16.4. The summed E-state index contributed by atoms with van der Waals surface area (Å²) in [6, 6.07) is 16.9. The van der Waals surface area contributed by atoms with E-state index in [1.54, 1.807) is 12.1 Å². The van der Waals surface area contributed by atoms with Crippen molar-refractivity contribution in [2.45, 2.75) is 25.0 Å². The van der Waals surface area contributed by atoms with Gasteiger partial charge in [-0.3, -0.25) is 5.32 Å². The lowest BCUT2D eigenvalue weighted by molar-refractivity contribution is 0.0281. The molecule has 0 aromatic heterocycles. The summed E-state index contributed by atoms with van der Waals surface area (Å²) in [4.78, 5) is 11.8. The SMILES string of the molecule is O=C(Nc1ccc(C2(O)CCSCC2)cc1)OCc1ccccc1. The zero-order valence-electron chi connectivity index (χ0n) is 13.4. The Morgan fingerprint density at radius 1 is 1.08 bits per heavy atom. The first-order chi connectivity index (χ1) is 11.7. The van der Waals surface area contributed by atoms with Crippen LogP contribution in [0.1, 0.15) is 24.0 Å². The second-order valence-corrected chi connectivity index (χ2v) is 7.13. The summed E-state index contributed by atoms with van der Waals surface area (Å²) < 4.78 is 5.20. The molecule has 3 rings (SSSR count). The Labute approximate surface area is 146 Å². The molecule has 5 heteroatoms. The van der Waals surface area contributed by atoms with Crippen molar-refractivity contribution in [3.05, 3.63) is 65.7 Å². The fraction of sp³-hybridized carbons (Fsp3) is 0.316. The summed E-state index contributed by atoms with van der Waals surface area (Å²) in [5.41, 5.74) is 1.77. The number of rotatable bonds is 4. The van der Waals surface area contributed by atoms with Crippen LogP contribution in [0.2, 0.25) is 0 Å². The van der Waals surface area contributed by atoms with Crippen LogP contribution in [0.5, 0.6) is 0 Å². The topological polar surface area (TPSA) is 58.6 Å². The number of benzene rings is 2. The van der Waals surface area contributed by atoms with E-state index in [4.69, 9.17) is 4.74 Å². The van der Waals surface area contributed by atoms with Gasteiger partial charge in [-0.1, -0.05) is 42.5 Å². The minimum Gasteiger partial charge on any atom is -0.444 e. The Balaban J connectivity index is 1.55. The lowest BCUT2D eigenvalue weighted by Crippen LogP contribution is -2.30. The van der Waals surface area contributed by atoms with Crippen LogP contribution in [0.3, 0.4) is 0 Å². The van der Waals surface area contributed by atoms with Gasteiger partial charge in [-0.2, -0.15) is 11.8 Å². The molecule has 0 radical (unpaired) electrons. The van der Waals surface area contributed by atoms with Gasteiger partial charge < -0.3 is 9.84 Å². The number of hydrogen-bond donors (Lipinski definition) is 2. The van der Waals surface area contributed by atoms with E-state index in [0.29, 0.717) is 5.69 Å². The second kappa shape index (κ2) is 7.73. The number of carbonyl (C=O) groups is 1. The minimum atomic E-state index is -0.738. The second-order valence-electron chi connectivity index (χ2n) is 5.91. The van der Waals surface area contributed by atoms with Crippen LogP contribution in [-0.2, 0) is 16.9 Å². The lowest BCUT2D eigenvalue weighted by Gasteiger charge is -2.32. The maximum absolute atomic E-state index is 11.8. The number of nitrogens with one attached hydrogen (secondary N) is 1. The maximum Gasteiger partial charge on any atom is 0.411 e. The third-order valence-corrected chi connectivity index (χ3v) is 5.19. The fourth-order valence-corrected chi connectivity index (χ4v) is 3.91. The zero-order valence-corrected chi connectivity index (χ0v) is 14.2. The standard InChI is InChI=1S/C19H21NO3S/c21-18(23-14-15-4-2-1-3-5-15)20-17-8-6-16(7-9-17)19(22)10-12-24-13-11-19/h1-9,22H,10-14H2,(H,20,21). The van der Waals surface area contributed by atoms with Crippen LogP contribution in [-0.4, -0.2) is 22.7 Å². The van der Waals surface area contributed by atoms with Crippen LogP contribution in [0.25, 0.3) is 0 Å². The molecule has 0 atom stereocenters. The van der Waals surface area contributed by atoms with E-state index >= 15 is 0 Å². The van der Waals surface area contributed by atoms with E-state index in [1.807, 2.05) is 54.2 Å². The molecule has 0 unspecified atom stereocenters. The predicted octanol–water partition coefficient (Wildman–Crippen LogP) is 4.15. The molecule has 24 heavy (non-hydrogen) atoms. The van der Waals surface area contributed by atoms with Gasteiger partial charge in [-0.15, -0.1) is 0 Å². The van der Waals surface area contributed by atoms with Crippen LogP contribution in [0, 0.1) is 0 Å². The van der Waals surface area contributed by atoms with Crippen molar-refractivity contribution in [2.24, 2.45) is 0 Å². The summed E-state index contributed by atoms with van der Waals surface area (Å²) in [7, 11) is 0. The van der Waals surface area contributed by atoms with Crippen molar-refractivity contribution in [1.29, 1.82) is 0 Å². The fourth-order valence-electron chi connectivity index (χ4n) is 2.74. The first kappa shape index (κ1) is 16.9. The first-order valence-electron chi connectivity index (χ1n) is 8.04. The highest BCUT2D eigenvalue weighted by atomic mass is 32.2. The molecule has 126 valence electrons. The first-order valence-corrected chi connectivity index (χ1v) is 9.20. The number of ether oxygens (including phenoxy) is 1. The number of anilines is 1. The van der Waals surface area contributed by atoms with E-state index in [0.717, 1.165) is 35.5 Å². The molecule has 0 bridgehead atoms. The number of aliphatic hydroxyl groups is 1. The molecular weight excluding hydrogens is 322 g/mol. The lowest BCUT2D eigenvalue weighted by atomic mass is 9.88. The van der Waals surface area contributed by atoms with Gasteiger partial charge in [0.2, 0.25) is 0 Å². The Hall–Kier alpha value is -1.98. The Morgan fingerprint density at radius 2 is 1.75 bits per heavy atom. The molecule has 4 nitrogen and oxygen atoms in total. The van der Waals surface area contributed by atoms with Crippen LogP contribution >= 0.6 is 11.8 Å². The van der Waals surface area contributed by atoms with Crippen molar-refractivity contribution in [2.75, 3.05) is 16.8 Å². The van der Waals surface area contributed by atoms with Gasteiger partial charge >= 0.3 is 6.09 Å². The minimum absolute atomic E-state index is 0.238. The third kappa shape index (κ3) is 4.30.